The Balaban J connectivity index is 2.30. The van der Waals surface area contributed by atoms with E-state index in [0.29, 0.717) is 18.5 Å². The van der Waals surface area contributed by atoms with Crippen molar-refractivity contribution in [3.8, 4) is 0 Å². The minimum atomic E-state index is -2.11. The van der Waals surface area contributed by atoms with Crippen LogP contribution in [0.25, 0.3) is 10.8 Å². The number of nitrogens with two attached hydrogens (primary N) is 2. The molecular formula is C34H44N8O14. The molecule has 0 spiro atoms. The highest BCUT2D eigenvalue weighted by Gasteiger charge is 2.35. The molecule has 304 valence electrons. The first kappa shape index (κ1) is 45.5. The van der Waals surface area contributed by atoms with Gasteiger partial charge >= 0.3 is 23.9 Å². The molecule has 0 heterocycles. The molecule has 56 heavy (non-hydrogen) atoms. The van der Waals surface area contributed by atoms with Crippen LogP contribution in [0.2, 0.25) is 0 Å². The van der Waals surface area contributed by atoms with E-state index >= 15 is 0 Å². The summed E-state index contributed by atoms with van der Waals surface area (Å²) in [4.78, 5) is 124. The number of carboxylic acid groups (broad SMARTS) is 4. The van der Waals surface area contributed by atoms with E-state index in [1.165, 1.54) is 0 Å². The molecule has 1 unspecified atom stereocenters. The maximum absolute atomic E-state index is 13.5. The standard InChI is InChI=1S/C34H44N8O14/c35-10-4-3-7-20(30(52)37-19-9-8-17-5-1-2-6-18(17)11-19)39-32(54)22(13-27(46)47)41-34(56)24(15-29(50)51)42-33(55)23(14-28(48)49)40-31(53)21(12-26(44)45)38-25(43)16-36/h1-2,5-6,8-9,11,20-24H,3-4,7,10,12-16,35-36H2,(H,37,52)(H,38,43)(H,39,54)(H,40,53)(H,41,56)(H,42,55)(H,44,45)(H,46,47)(H,48,49)(H,50,51)/t20-,21-,22?,23-,24-/m0/s1. The van der Waals surface area contributed by atoms with Crippen LogP contribution in [0, 0.1) is 0 Å². The van der Waals surface area contributed by atoms with Crippen molar-refractivity contribution in [2.24, 2.45) is 11.5 Å². The van der Waals surface area contributed by atoms with Crippen molar-refractivity contribution >= 4 is 75.8 Å². The second kappa shape index (κ2) is 22.5. The van der Waals surface area contributed by atoms with E-state index < -0.39 is 122 Å². The van der Waals surface area contributed by atoms with Gasteiger partial charge in [-0.2, -0.15) is 0 Å². The largest absolute Gasteiger partial charge is 0.481 e. The Morgan fingerprint density at radius 2 is 0.911 bits per heavy atom. The molecule has 0 aromatic heterocycles. The summed E-state index contributed by atoms with van der Waals surface area (Å²) in [5, 5.41) is 52.1. The summed E-state index contributed by atoms with van der Waals surface area (Å²) in [5.41, 5.74) is 11.1. The Bertz CT molecular complexity index is 1800. The van der Waals surface area contributed by atoms with Crippen molar-refractivity contribution in [3.05, 3.63) is 42.5 Å². The van der Waals surface area contributed by atoms with Crippen LogP contribution in [-0.2, 0) is 47.9 Å². The third-order valence-electron chi connectivity index (χ3n) is 7.85. The predicted molar refractivity (Wildman–Crippen MR) is 193 cm³/mol. The molecule has 0 aliphatic rings. The molecular weight excluding hydrogens is 744 g/mol. The zero-order valence-corrected chi connectivity index (χ0v) is 29.8. The summed E-state index contributed by atoms with van der Waals surface area (Å²) in [6.07, 6.45) is -3.64. The van der Waals surface area contributed by atoms with E-state index in [2.05, 4.69) is 10.6 Å². The molecule has 0 saturated heterocycles. The lowest BCUT2D eigenvalue weighted by atomic mass is 10.1. The fraction of sp³-hybridized carbons (Fsp3) is 0.412. The van der Waals surface area contributed by atoms with Crippen LogP contribution in [0.3, 0.4) is 0 Å². The number of aliphatic carboxylic acids is 4. The maximum Gasteiger partial charge on any atom is 0.305 e. The fourth-order valence-corrected chi connectivity index (χ4v) is 5.14. The second-order valence-electron chi connectivity index (χ2n) is 12.3. The molecule has 0 aliphatic carbocycles. The molecule has 2 aromatic carbocycles. The number of fused-ring (bicyclic) bond motifs is 1. The molecule has 22 heteroatoms. The van der Waals surface area contributed by atoms with Crippen LogP contribution in [0.4, 0.5) is 5.69 Å². The first-order chi connectivity index (χ1) is 26.4. The molecule has 5 atom stereocenters. The number of benzene rings is 2. The number of unbranched alkanes of at least 4 members (excludes halogenated alkanes) is 1. The van der Waals surface area contributed by atoms with Gasteiger partial charge in [-0.05, 0) is 48.7 Å². The van der Waals surface area contributed by atoms with Crippen molar-refractivity contribution in [1.29, 1.82) is 0 Å². The summed E-state index contributed by atoms with van der Waals surface area (Å²) < 4.78 is 0. The smallest absolute Gasteiger partial charge is 0.305 e. The number of rotatable bonds is 24. The Morgan fingerprint density at radius 3 is 1.32 bits per heavy atom. The van der Waals surface area contributed by atoms with Crippen LogP contribution < -0.4 is 43.4 Å². The second-order valence-corrected chi connectivity index (χ2v) is 12.3. The van der Waals surface area contributed by atoms with Crippen molar-refractivity contribution in [2.75, 3.05) is 18.4 Å². The van der Waals surface area contributed by atoms with Gasteiger partial charge in [-0.3, -0.25) is 47.9 Å². The monoisotopic (exact) mass is 788 g/mol. The van der Waals surface area contributed by atoms with E-state index in [-0.39, 0.29) is 13.0 Å². The molecule has 2 aromatic rings. The highest BCUT2D eigenvalue weighted by molar-refractivity contribution is 6.02. The summed E-state index contributed by atoms with van der Waals surface area (Å²) >= 11 is 0. The Kier molecular flexibility index (Phi) is 18.3. The van der Waals surface area contributed by atoms with E-state index in [1.54, 1.807) is 24.3 Å². The van der Waals surface area contributed by atoms with Crippen LogP contribution in [0.1, 0.15) is 44.9 Å². The van der Waals surface area contributed by atoms with Gasteiger partial charge in [-0.1, -0.05) is 30.3 Å². The Hall–Kier alpha value is -6.68. The number of hydrogen-bond donors (Lipinski definition) is 12. The van der Waals surface area contributed by atoms with Crippen LogP contribution in [0.15, 0.2) is 42.5 Å². The number of nitrogens with one attached hydrogen (secondary N) is 6. The molecule has 0 saturated carbocycles. The van der Waals surface area contributed by atoms with E-state index in [9.17, 15) is 63.3 Å². The van der Waals surface area contributed by atoms with Crippen LogP contribution in [-0.4, -0.2) is 123 Å². The summed E-state index contributed by atoms with van der Waals surface area (Å²) in [6, 6.07) is 3.13. The molecule has 0 aliphatic heterocycles. The molecule has 0 bridgehead atoms. The number of carbonyl (C=O) groups is 10. The molecule has 14 N–H and O–H groups in total. The zero-order valence-electron chi connectivity index (χ0n) is 29.8. The number of hydrogen-bond acceptors (Lipinski definition) is 12. The summed E-state index contributed by atoms with van der Waals surface area (Å²) in [6.45, 7) is -0.408. The summed E-state index contributed by atoms with van der Waals surface area (Å²) in [7, 11) is 0. The molecule has 22 nitrogen and oxygen atoms in total. The minimum absolute atomic E-state index is 0.0354. The zero-order chi connectivity index (χ0) is 41.9. The minimum Gasteiger partial charge on any atom is -0.481 e. The van der Waals surface area contributed by atoms with Gasteiger partial charge in [0.2, 0.25) is 35.4 Å². The third-order valence-corrected chi connectivity index (χ3v) is 7.85. The number of carboxylic acids is 4. The quantitative estimate of drug-likeness (QED) is 0.0478. The maximum atomic E-state index is 13.5. The van der Waals surface area contributed by atoms with E-state index in [4.69, 9.17) is 16.6 Å². The SMILES string of the molecule is NCCCC[C@H](NC(=O)C(CC(=O)O)NC(=O)[C@H](CC(=O)O)NC(=O)[C@H](CC(=O)O)NC(=O)[C@H](CC(=O)O)NC(=O)CN)C(=O)Nc1ccc2ccccc2c1. The van der Waals surface area contributed by atoms with Gasteiger partial charge in [0.25, 0.3) is 0 Å². The van der Waals surface area contributed by atoms with Gasteiger partial charge in [0.05, 0.1) is 32.2 Å². The average molecular weight is 789 g/mol. The van der Waals surface area contributed by atoms with Crippen LogP contribution >= 0.6 is 0 Å². The lowest BCUT2D eigenvalue weighted by Crippen LogP contribution is -2.60. The lowest BCUT2D eigenvalue weighted by molar-refractivity contribution is -0.145. The fourth-order valence-electron chi connectivity index (χ4n) is 5.14. The van der Waals surface area contributed by atoms with Gasteiger partial charge in [-0.15, -0.1) is 0 Å². The molecule has 2 rings (SSSR count). The van der Waals surface area contributed by atoms with Gasteiger partial charge in [0.1, 0.15) is 30.2 Å². The predicted octanol–water partition coefficient (Wildman–Crippen LogP) is -2.81. The van der Waals surface area contributed by atoms with Crippen molar-refractivity contribution in [3.63, 3.8) is 0 Å². The highest BCUT2D eigenvalue weighted by atomic mass is 16.4. The van der Waals surface area contributed by atoms with E-state index in [1.807, 2.05) is 39.5 Å². The lowest BCUT2D eigenvalue weighted by Gasteiger charge is -2.26. The van der Waals surface area contributed by atoms with Gasteiger partial charge in [-0.25, -0.2) is 0 Å². The molecule has 0 radical (unpaired) electrons. The number of amides is 6. The first-order valence-electron chi connectivity index (χ1n) is 17.0. The van der Waals surface area contributed by atoms with E-state index in [0.717, 1.165) is 10.8 Å². The van der Waals surface area contributed by atoms with Gasteiger partial charge in [0, 0.05) is 5.69 Å². The summed E-state index contributed by atoms with van der Waals surface area (Å²) in [5.74, 6) is -13.6. The topological polar surface area (TPSA) is 376 Å². The van der Waals surface area contributed by atoms with Crippen molar-refractivity contribution in [2.45, 2.75) is 75.2 Å². The van der Waals surface area contributed by atoms with Crippen molar-refractivity contribution < 1.29 is 68.4 Å². The molecule has 6 amide bonds. The van der Waals surface area contributed by atoms with Crippen LogP contribution in [0.5, 0.6) is 0 Å². The third kappa shape index (κ3) is 15.7. The normalized spacial score (nSPS) is 13.4. The van der Waals surface area contributed by atoms with Crippen molar-refractivity contribution in [1.82, 2.24) is 26.6 Å². The average Bonchev–Trinajstić information content (AvgIpc) is 3.12. The number of carbonyl (C=O) groups excluding carboxylic acids is 6. The number of anilines is 1. The molecule has 0 fully saturated rings. The Labute approximate surface area is 318 Å². The van der Waals surface area contributed by atoms with Gasteiger partial charge in [0.15, 0.2) is 0 Å². The van der Waals surface area contributed by atoms with Gasteiger partial charge < -0.3 is 63.8 Å². The highest BCUT2D eigenvalue weighted by Crippen LogP contribution is 2.19. The first-order valence-corrected chi connectivity index (χ1v) is 17.0. The Morgan fingerprint density at radius 1 is 0.500 bits per heavy atom.